The van der Waals surface area contributed by atoms with Crippen molar-refractivity contribution in [2.75, 3.05) is 0 Å². The number of aromatic amines is 2. The molecule has 5 aromatic rings. The van der Waals surface area contributed by atoms with Crippen LogP contribution in [0.15, 0.2) is 85.2 Å². The lowest BCUT2D eigenvalue weighted by atomic mass is 10.1. The first-order valence-corrected chi connectivity index (χ1v) is 9.99. The van der Waals surface area contributed by atoms with Crippen LogP contribution in [0.25, 0.3) is 22.3 Å². The summed E-state index contributed by atoms with van der Waals surface area (Å²) in [5.74, 6) is 1.87. The normalized spacial score (nSPS) is 12.2. The molecule has 6 nitrogen and oxygen atoms in total. The van der Waals surface area contributed by atoms with Crippen molar-refractivity contribution in [3.63, 3.8) is 0 Å². The van der Waals surface area contributed by atoms with E-state index in [0.29, 0.717) is 23.0 Å². The van der Waals surface area contributed by atoms with Gasteiger partial charge in [-0.3, -0.25) is 0 Å². The second-order valence-electron chi connectivity index (χ2n) is 7.27. The molecule has 0 spiro atoms. The number of aromatic nitrogens is 3. The second kappa shape index (κ2) is 8.10. The van der Waals surface area contributed by atoms with Gasteiger partial charge in [-0.25, -0.2) is 4.98 Å². The summed E-state index contributed by atoms with van der Waals surface area (Å²) in [6.45, 7) is -0.122. The van der Waals surface area contributed by atoms with Gasteiger partial charge in [0.1, 0.15) is 23.4 Å². The number of benzene rings is 3. The van der Waals surface area contributed by atoms with E-state index in [9.17, 15) is 10.2 Å². The van der Waals surface area contributed by atoms with Gasteiger partial charge in [-0.2, -0.15) is 0 Å². The summed E-state index contributed by atoms with van der Waals surface area (Å²) in [7, 11) is 0. The Bertz CT molecular complexity index is 1320. The van der Waals surface area contributed by atoms with Gasteiger partial charge in [0, 0.05) is 28.2 Å². The summed E-state index contributed by atoms with van der Waals surface area (Å²) in [5.41, 5.74) is 3.93. The highest BCUT2D eigenvalue weighted by Gasteiger charge is 2.15. The number of hydrogen-bond acceptors (Lipinski definition) is 4. The molecule has 5 rings (SSSR count). The van der Waals surface area contributed by atoms with E-state index in [1.54, 1.807) is 6.20 Å². The zero-order valence-corrected chi connectivity index (χ0v) is 16.6. The molecule has 0 fully saturated rings. The maximum Gasteiger partial charge on any atom is 0.137 e. The van der Waals surface area contributed by atoms with E-state index in [2.05, 4.69) is 15.0 Å². The van der Waals surface area contributed by atoms with E-state index in [0.717, 1.165) is 27.6 Å². The van der Waals surface area contributed by atoms with Crippen molar-refractivity contribution in [1.82, 2.24) is 15.0 Å². The van der Waals surface area contributed by atoms with Gasteiger partial charge in [-0.15, -0.1) is 0 Å². The summed E-state index contributed by atoms with van der Waals surface area (Å²) in [6, 6.07) is 22.7. The van der Waals surface area contributed by atoms with Gasteiger partial charge in [0.05, 0.1) is 18.5 Å². The van der Waals surface area contributed by atoms with Crippen LogP contribution in [-0.2, 0) is 6.61 Å². The average Bonchev–Trinajstić information content (AvgIpc) is 3.49. The number of imidazole rings is 1. The smallest absolute Gasteiger partial charge is 0.137 e. The predicted molar refractivity (Wildman–Crippen MR) is 119 cm³/mol. The Morgan fingerprint density at radius 1 is 0.968 bits per heavy atom. The van der Waals surface area contributed by atoms with Gasteiger partial charge in [0.25, 0.3) is 0 Å². The second-order valence-corrected chi connectivity index (χ2v) is 7.27. The molecule has 154 valence electrons. The molecule has 0 saturated heterocycles. The zero-order chi connectivity index (χ0) is 21.2. The molecule has 1 atom stereocenters. The first kappa shape index (κ1) is 19.1. The highest BCUT2D eigenvalue weighted by atomic mass is 16.5. The minimum absolute atomic E-state index is 0.122. The van der Waals surface area contributed by atoms with Crippen molar-refractivity contribution >= 4 is 10.9 Å². The van der Waals surface area contributed by atoms with E-state index in [4.69, 9.17) is 4.74 Å². The number of ether oxygens (including phenoxy) is 1. The van der Waals surface area contributed by atoms with Crippen LogP contribution >= 0.6 is 0 Å². The molecule has 2 aromatic heterocycles. The standard InChI is InChI=1S/C25H21N3O3/c29-15-20-19-11-12-26-21(19)9-10-23(20)31-18-8-4-7-17(13-18)25-27-14-22(28-25)24(30)16-5-2-1-3-6-16/h1-14,24,26,29-30H,15H2,(H,27,28). The SMILES string of the molecule is OCc1c(Oc2cccc(-c3ncc(C(O)c4ccccc4)[nH]3)c2)ccc2[nH]ccc12. The molecule has 0 aliphatic carbocycles. The van der Waals surface area contributed by atoms with Gasteiger partial charge < -0.3 is 24.9 Å². The van der Waals surface area contributed by atoms with E-state index in [-0.39, 0.29) is 6.61 Å². The number of fused-ring (bicyclic) bond motifs is 1. The molecule has 0 aliphatic heterocycles. The lowest BCUT2D eigenvalue weighted by molar-refractivity contribution is 0.216. The van der Waals surface area contributed by atoms with Crippen LogP contribution in [0.2, 0.25) is 0 Å². The highest BCUT2D eigenvalue weighted by molar-refractivity contribution is 5.85. The third-order valence-corrected chi connectivity index (χ3v) is 5.30. The Morgan fingerprint density at radius 2 is 1.84 bits per heavy atom. The zero-order valence-electron chi connectivity index (χ0n) is 16.6. The van der Waals surface area contributed by atoms with Gasteiger partial charge >= 0.3 is 0 Å². The molecule has 4 N–H and O–H groups in total. The topological polar surface area (TPSA) is 94.2 Å². The van der Waals surface area contributed by atoms with Gasteiger partial charge in [0.15, 0.2) is 0 Å². The fourth-order valence-corrected chi connectivity index (χ4v) is 3.70. The number of nitrogens with zero attached hydrogens (tertiary/aromatic N) is 1. The molecule has 3 aromatic carbocycles. The van der Waals surface area contributed by atoms with Crippen molar-refractivity contribution in [2.24, 2.45) is 0 Å². The van der Waals surface area contributed by atoms with Crippen LogP contribution in [0.4, 0.5) is 0 Å². The Morgan fingerprint density at radius 3 is 2.68 bits per heavy atom. The first-order valence-electron chi connectivity index (χ1n) is 9.99. The summed E-state index contributed by atoms with van der Waals surface area (Å²) >= 11 is 0. The Labute approximate surface area is 178 Å². The maximum absolute atomic E-state index is 10.6. The molecule has 0 saturated carbocycles. The summed E-state index contributed by atoms with van der Waals surface area (Å²) in [5, 5.41) is 21.4. The van der Waals surface area contributed by atoms with Crippen LogP contribution in [0, 0.1) is 0 Å². The molecular weight excluding hydrogens is 390 g/mol. The van der Waals surface area contributed by atoms with E-state index >= 15 is 0 Å². The predicted octanol–water partition coefficient (Wildman–Crippen LogP) is 4.92. The molecule has 6 heteroatoms. The van der Waals surface area contributed by atoms with Gasteiger partial charge in [0.2, 0.25) is 0 Å². The Balaban J connectivity index is 1.42. The van der Waals surface area contributed by atoms with Crippen molar-refractivity contribution in [1.29, 1.82) is 0 Å². The lowest BCUT2D eigenvalue weighted by Gasteiger charge is -2.12. The van der Waals surface area contributed by atoms with Crippen molar-refractivity contribution in [3.8, 4) is 22.9 Å². The van der Waals surface area contributed by atoms with Gasteiger partial charge in [-0.05, 0) is 35.9 Å². The number of hydrogen-bond donors (Lipinski definition) is 4. The first-order chi connectivity index (χ1) is 15.2. The number of aliphatic hydroxyl groups excluding tert-OH is 2. The number of rotatable bonds is 6. The lowest BCUT2D eigenvalue weighted by Crippen LogP contribution is -1.99. The monoisotopic (exact) mass is 411 g/mol. The van der Waals surface area contributed by atoms with Crippen molar-refractivity contribution in [3.05, 3.63) is 102 Å². The summed E-state index contributed by atoms with van der Waals surface area (Å²) in [4.78, 5) is 10.8. The third-order valence-electron chi connectivity index (χ3n) is 5.30. The highest BCUT2D eigenvalue weighted by Crippen LogP contribution is 2.33. The Kier molecular flexibility index (Phi) is 5.00. The molecule has 0 amide bonds. The van der Waals surface area contributed by atoms with Crippen molar-refractivity contribution < 1.29 is 14.9 Å². The van der Waals surface area contributed by atoms with Crippen LogP contribution in [0.5, 0.6) is 11.5 Å². The number of H-pyrrole nitrogens is 2. The van der Waals surface area contributed by atoms with Crippen LogP contribution in [0.1, 0.15) is 22.9 Å². The molecule has 0 radical (unpaired) electrons. The minimum atomic E-state index is -0.776. The van der Waals surface area contributed by atoms with E-state index in [1.807, 2.05) is 79.0 Å². The van der Waals surface area contributed by atoms with E-state index in [1.165, 1.54) is 0 Å². The van der Waals surface area contributed by atoms with Crippen LogP contribution < -0.4 is 4.74 Å². The van der Waals surface area contributed by atoms with Gasteiger partial charge in [-0.1, -0.05) is 42.5 Å². The van der Waals surface area contributed by atoms with Crippen LogP contribution in [-0.4, -0.2) is 25.2 Å². The minimum Gasteiger partial charge on any atom is -0.457 e. The summed E-state index contributed by atoms with van der Waals surface area (Å²) < 4.78 is 6.10. The fraction of sp³-hybridized carbons (Fsp3) is 0.0800. The number of aliphatic hydroxyl groups is 2. The maximum atomic E-state index is 10.6. The quantitative estimate of drug-likeness (QED) is 0.319. The van der Waals surface area contributed by atoms with E-state index < -0.39 is 6.10 Å². The molecule has 1 unspecified atom stereocenters. The summed E-state index contributed by atoms with van der Waals surface area (Å²) in [6.07, 6.45) is 2.71. The molecule has 0 bridgehead atoms. The van der Waals surface area contributed by atoms with Crippen LogP contribution in [0.3, 0.4) is 0 Å². The van der Waals surface area contributed by atoms with Crippen molar-refractivity contribution in [2.45, 2.75) is 12.7 Å². The largest absolute Gasteiger partial charge is 0.457 e. The molecule has 2 heterocycles. The average molecular weight is 411 g/mol. The number of nitrogens with one attached hydrogen (secondary N) is 2. The molecule has 0 aliphatic rings. The fourth-order valence-electron chi connectivity index (χ4n) is 3.70. The molecule has 31 heavy (non-hydrogen) atoms. The third kappa shape index (κ3) is 3.70. The Hall–Kier alpha value is -3.87. The molecular formula is C25H21N3O3.